The molecule has 6 N–H and O–H groups in total. The van der Waals surface area contributed by atoms with Gasteiger partial charge in [-0.15, -0.1) is 0 Å². The summed E-state index contributed by atoms with van der Waals surface area (Å²) < 4.78 is 181. The summed E-state index contributed by atoms with van der Waals surface area (Å²) in [5, 5.41) is 35.1. The SMILES string of the molecule is OCCOCCOCCOCCOCCOCCOCCOCCOc1ccc(-c2c3nc(c(-c4ccc(OCCOCCOCCOCCOCCOCCOCCOCCO)cc4)c4ccc([nH]4)c(-c4ccc(OCCOCCOCCOCCOCCOCCOCCOCCO)cc4)c4nc(c(-c5ccc(OCCOCCOCCOCCOCCOCCOCCOCCO)cc5)c5ccc2[nH]5)C=C4)C=C3)cc1. The zero-order valence-electron chi connectivity index (χ0n) is 85.9. The molecule has 0 aliphatic carbocycles. The van der Waals surface area contributed by atoms with Gasteiger partial charge >= 0.3 is 0 Å². The summed E-state index contributed by atoms with van der Waals surface area (Å²) >= 11 is 0. The molecule has 0 amide bonds. The second kappa shape index (κ2) is 84.9. The molecule has 0 unspecified atom stereocenters. The molecule has 2 aliphatic rings. The minimum absolute atomic E-state index is 0.00705. The van der Waals surface area contributed by atoms with E-state index >= 15 is 0 Å². The van der Waals surface area contributed by atoms with Gasteiger partial charge in [0.05, 0.1) is 419 Å². The van der Waals surface area contributed by atoms with Crippen molar-refractivity contribution in [2.45, 2.75) is 0 Å². The summed E-state index contributed by atoms with van der Waals surface area (Å²) in [7, 11) is 0. The number of fused-ring (bicyclic) bond motifs is 8. The van der Waals surface area contributed by atoms with Crippen LogP contribution in [0.15, 0.2) is 121 Å². The summed E-state index contributed by atoms with van der Waals surface area (Å²) in [5.74, 6) is 2.66. The first kappa shape index (κ1) is 123. The number of nitrogens with one attached hydrogen (secondary N) is 2. The molecular formula is C108H158N4O36. The molecule has 5 heterocycles. The van der Waals surface area contributed by atoms with Crippen molar-refractivity contribution in [3.8, 4) is 67.5 Å². The third kappa shape index (κ3) is 55.1. The highest BCUT2D eigenvalue weighted by atomic mass is 16.6. The van der Waals surface area contributed by atoms with Crippen LogP contribution in [0.5, 0.6) is 23.0 Å². The maximum atomic E-state index is 8.78. The Balaban J connectivity index is 0.852. The number of ether oxygens (including phenoxy) is 32. The molecule has 8 bridgehead atoms. The van der Waals surface area contributed by atoms with Crippen molar-refractivity contribution in [3.05, 3.63) is 144 Å². The predicted octanol–water partition coefficient (Wildman–Crippen LogP) is 9.27. The van der Waals surface area contributed by atoms with Crippen LogP contribution in [0, 0.1) is 0 Å². The first-order chi connectivity index (χ1) is 73.5. The second-order valence-corrected chi connectivity index (χ2v) is 32.0. The van der Waals surface area contributed by atoms with E-state index in [0.29, 0.717) is 442 Å². The molecule has 0 radical (unpaired) electrons. The number of aromatic nitrogens is 4. The van der Waals surface area contributed by atoms with Gasteiger partial charge in [0.2, 0.25) is 0 Å². The van der Waals surface area contributed by atoms with Crippen LogP contribution in [0.3, 0.4) is 0 Å². The lowest BCUT2D eigenvalue weighted by atomic mass is 10.0. The van der Waals surface area contributed by atoms with Gasteiger partial charge in [0.15, 0.2) is 0 Å². The minimum Gasteiger partial charge on any atom is -0.491 e. The molecule has 0 saturated carbocycles. The molecule has 7 aromatic rings. The molecule has 148 heavy (non-hydrogen) atoms. The third-order valence-electron chi connectivity index (χ3n) is 21.2. The number of aromatic amines is 2. The van der Waals surface area contributed by atoms with Crippen molar-refractivity contribution >= 4 is 46.4 Å². The smallest absolute Gasteiger partial charge is 0.119 e. The Morgan fingerprint density at radius 2 is 0.257 bits per heavy atom. The Morgan fingerprint density at radius 3 is 0.378 bits per heavy atom. The molecule has 40 heteroatoms. The molecular weight excluding hydrogens is 1930 g/mol. The van der Waals surface area contributed by atoms with Gasteiger partial charge in [0, 0.05) is 44.3 Å². The van der Waals surface area contributed by atoms with Crippen molar-refractivity contribution in [1.82, 2.24) is 19.9 Å². The fourth-order valence-electron chi connectivity index (χ4n) is 14.1. The number of aliphatic hydroxyl groups excluding tert-OH is 4. The summed E-state index contributed by atoms with van der Waals surface area (Å²) in [6.07, 6.45) is 8.24. The van der Waals surface area contributed by atoms with Crippen LogP contribution in [0.1, 0.15) is 22.8 Å². The molecule has 0 saturated heterocycles. The highest BCUT2D eigenvalue weighted by molar-refractivity contribution is 6.00. The fraction of sp³-hybridized carbons (Fsp3) is 0.593. The number of nitrogens with zero attached hydrogens (tertiary/aromatic N) is 2. The van der Waals surface area contributed by atoms with E-state index in [0.717, 1.165) is 66.6 Å². The summed E-state index contributed by atoms with van der Waals surface area (Å²) in [5.41, 5.74) is 13.0. The highest BCUT2D eigenvalue weighted by Gasteiger charge is 2.21. The zero-order chi connectivity index (χ0) is 103. The molecule has 40 nitrogen and oxygen atoms in total. The summed E-state index contributed by atoms with van der Waals surface area (Å²) in [6.45, 7) is 24.7. The lowest BCUT2D eigenvalue weighted by Crippen LogP contribution is -2.15. The number of hydrogen-bond acceptors (Lipinski definition) is 38. The monoisotopic (exact) mass is 2090 g/mol. The van der Waals surface area contributed by atoms with Crippen molar-refractivity contribution in [1.29, 1.82) is 0 Å². The normalized spacial score (nSPS) is 11.9. The first-order valence-electron chi connectivity index (χ1n) is 51.2. The molecule has 3 aromatic heterocycles. The lowest BCUT2D eigenvalue weighted by Gasteiger charge is -2.11. The van der Waals surface area contributed by atoms with Crippen LogP contribution in [0.4, 0.5) is 0 Å². The van der Waals surface area contributed by atoms with E-state index in [1.165, 1.54) is 0 Å². The minimum atomic E-state index is -0.00705. The Labute approximate surface area is 868 Å². The number of aliphatic hydroxyl groups is 4. The Kier molecular flexibility index (Phi) is 70.5. The average Bonchev–Trinajstić information content (AvgIpc) is 1.57. The van der Waals surface area contributed by atoms with Crippen LogP contribution in [-0.4, -0.2) is 463 Å². The van der Waals surface area contributed by atoms with E-state index in [9.17, 15) is 0 Å². The molecule has 2 aliphatic heterocycles. The molecule has 826 valence electrons. The van der Waals surface area contributed by atoms with E-state index in [4.69, 9.17) is 182 Å². The third-order valence-corrected chi connectivity index (χ3v) is 21.2. The van der Waals surface area contributed by atoms with Crippen LogP contribution >= 0.6 is 0 Å². The highest BCUT2D eigenvalue weighted by Crippen LogP contribution is 2.40. The van der Waals surface area contributed by atoms with Crippen LogP contribution in [-0.2, 0) is 133 Å². The van der Waals surface area contributed by atoms with Crippen molar-refractivity contribution < 1.29 is 172 Å². The maximum Gasteiger partial charge on any atom is 0.119 e. The maximum absolute atomic E-state index is 8.78. The van der Waals surface area contributed by atoms with Gasteiger partial charge < -0.3 is 182 Å². The summed E-state index contributed by atoms with van der Waals surface area (Å²) in [4.78, 5) is 19.0. The van der Waals surface area contributed by atoms with Gasteiger partial charge in [-0.1, -0.05) is 48.5 Å². The van der Waals surface area contributed by atoms with E-state index < -0.39 is 0 Å². The molecule has 9 rings (SSSR count). The van der Waals surface area contributed by atoms with Gasteiger partial charge in [-0.2, -0.15) is 0 Å². The standard InChI is InChI=1S/C108H158N4O36/c113-25-29-117-33-37-121-41-45-125-49-53-129-57-61-133-65-69-137-73-77-141-81-85-145-93-9-1-89(2-10-93)105-97-17-19-99(109-97)106(90-3-11-94(12-4-90)146-86-82-142-78-74-138-70-66-134-62-58-130-54-50-126-46-42-122-38-34-118-30-26-114)101-21-23-103(111-101)108(92-7-15-96(16-8-92)148-88-84-144-80-76-140-72-68-136-64-60-132-56-52-128-48-44-124-40-36-120-32-28-116)104-24-22-102(112-104)107(100-20-18-98(105)110-100)91-5-13-95(14-6-91)147-87-83-143-79-75-139-71-67-135-63-59-131-55-51-127-47-43-123-39-35-119-31-27-115/h1-24,109,112-116H,25-88H2. The number of benzene rings is 4. The van der Waals surface area contributed by atoms with E-state index in [1.54, 1.807) is 0 Å². The van der Waals surface area contributed by atoms with E-state index in [2.05, 4.69) is 58.5 Å². The van der Waals surface area contributed by atoms with Crippen molar-refractivity contribution in [2.24, 2.45) is 0 Å². The van der Waals surface area contributed by atoms with Crippen LogP contribution in [0.25, 0.3) is 90.9 Å². The van der Waals surface area contributed by atoms with Gasteiger partial charge in [0.25, 0.3) is 0 Å². The largest absolute Gasteiger partial charge is 0.491 e. The Morgan fingerprint density at radius 1 is 0.142 bits per heavy atom. The molecule has 0 fully saturated rings. The lowest BCUT2D eigenvalue weighted by molar-refractivity contribution is -0.0221. The van der Waals surface area contributed by atoms with Crippen molar-refractivity contribution in [2.75, 3.05) is 423 Å². The Hall–Kier alpha value is -8.60. The van der Waals surface area contributed by atoms with Gasteiger partial charge in [-0.25, -0.2) is 9.97 Å². The first-order valence-corrected chi connectivity index (χ1v) is 51.2. The quantitative estimate of drug-likeness (QED) is 0.0193. The van der Waals surface area contributed by atoms with E-state index in [1.807, 2.05) is 97.1 Å². The zero-order valence-corrected chi connectivity index (χ0v) is 85.9. The number of rotatable bonds is 100. The van der Waals surface area contributed by atoms with Gasteiger partial charge in [-0.3, -0.25) is 0 Å². The van der Waals surface area contributed by atoms with Crippen LogP contribution in [0.2, 0.25) is 0 Å². The molecule has 0 spiro atoms. The number of H-pyrrole nitrogens is 2. The topological polar surface area (TPSA) is 434 Å². The summed E-state index contributed by atoms with van der Waals surface area (Å²) in [6, 6.07) is 40.4. The second-order valence-electron chi connectivity index (χ2n) is 32.0. The van der Waals surface area contributed by atoms with E-state index in [-0.39, 0.29) is 26.4 Å². The predicted molar refractivity (Wildman–Crippen MR) is 554 cm³/mol. The fourth-order valence-corrected chi connectivity index (χ4v) is 14.1. The molecule has 4 aromatic carbocycles. The van der Waals surface area contributed by atoms with Gasteiger partial charge in [-0.05, 0) is 119 Å². The van der Waals surface area contributed by atoms with Crippen molar-refractivity contribution in [3.63, 3.8) is 0 Å². The van der Waals surface area contributed by atoms with Gasteiger partial charge in [0.1, 0.15) is 49.4 Å². The van der Waals surface area contributed by atoms with Crippen LogP contribution < -0.4 is 18.9 Å². The number of hydrogen-bond donors (Lipinski definition) is 6. The average molecular weight is 2090 g/mol. The molecule has 0 atom stereocenters. The Bertz CT molecular complexity index is 4070.